The molecular weight excluding hydrogens is 582 g/mol. The Kier molecular flexibility index (Phi) is 9.46. The lowest BCUT2D eigenvalue weighted by molar-refractivity contribution is -0.111. The van der Waals surface area contributed by atoms with E-state index in [4.69, 9.17) is 25.9 Å². The maximum atomic E-state index is 12.5. The fourth-order valence-corrected chi connectivity index (χ4v) is 6.28. The Hall–Kier alpha value is -3.90. The fraction of sp³-hybridized carbons (Fsp3) is 0.406. The van der Waals surface area contributed by atoms with Crippen LogP contribution in [0.3, 0.4) is 0 Å². The molecule has 2 aromatic carbocycles. The topological polar surface area (TPSA) is 104 Å². The molecule has 0 unspecified atom stereocenters. The van der Waals surface area contributed by atoms with Gasteiger partial charge in [0.1, 0.15) is 17.9 Å². The van der Waals surface area contributed by atoms with Gasteiger partial charge >= 0.3 is 0 Å². The van der Waals surface area contributed by atoms with Crippen molar-refractivity contribution in [3.05, 3.63) is 72.0 Å². The number of piperidine rings is 1. The molecule has 3 aliphatic rings. The first-order valence-corrected chi connectivity index (χ1v) is 15.4. The minimum atomic E-state index is -0.283. The molecule has 44 heavy (non-hydrogen) atoms. The van der Waals surface area contributed by atoms with Gasteiger partial charge in [0.05, 0.1) is 50.0 Å². The van der Waals surface area contributed by atoms with E-state index in [2.05, 4.69) is 37.0 Å². The second-order valence-corrected chi connectivity index (χ2v) is 11.5. The standard InChI is InChI=1S/C32H38ClN7O4/c1-3-32(41)37-25-18-26(29(42-2)19-28(25)39-11-8-24(9-12-39)38-13-16-43-17-14-38)36-30-20-31(35-21-34-30)40-27(10-15-44-40)22-4-6-23(33)7-5-22/h3-7,18-21,24,27H,1,8-17H2,2H3,(H,37,41)(H,34,35,36)/t27-/m1/s1. The largest absolute Gasteiger partial charge is 0.494 e. The number of halogens is 1. The molecule has 0 bridgehead atoms. The van der Waals surface area contributed by atoms with Gasteiger partial charge in [0.25, 0.3) is 0 Å². The summed E-state index contributed by atoms with van der Waals surface area (Å²) in [6.45, 7) is 9.52. The monoisotopic (exact) mass is 619 g/mol. The molecule has 3 saturated heterocycles. The normalized spacial score (nSPS) is 19.5. The highest BCUT2D eigenvalue weighted by atomic mass is 35.5. The predicted octanol–water partition coefficient (Wildman–Crippen LogP) is 5.19. The van der Waals surface area contributed by atoms with E-state index in [-0.39, 0.29) is 11.9 Å². The van der Waals surface area contributed by atoms with Gasteiger partial charge in [0, 0.05) is 55.8 Å². The second kappa shape index (κ2) is 13.8. The maximum Gasteiger partial charge on any atom is 0.247 e. The van der Waals surface area contributed by atoms with Gasteiger partial charge in [-0.15, -0.1) is 0 Å². The quantitative estimate of drug-likeness (QED) is 0.311. The minimum absolute atomic E-state index is 0.00283. The Morgan fingerprint density at radius 2 is 1.80 bits per heavy atom. The summed E-state index contributed by atoms with van der Waals surface area (Å²) in [5.74, 6) is 1.52. The molecular formula is C32H38ClN7O4. The number of nitrogens with zero attached hydrogens (tertiary/aromatic N) is 5. The van der Waals surface area contributed by atoms with Crippen LogP contribution in [0, 0.1) is 0 Å². The number of rotatable bonds is 9. The minimum Gasteiger partial charge on any atom is -0.494 e. The third-order valence-corrected chi connectivity index (χ3v) is 8.68. The Morgan fingerprint density at radius 3 is 2.52 bits per heavy atom. The molecule has 1 amide bonds. The summed E-state index contributed by atoms with van der Waals surface area (Å²) in [7, 11) is 1.64. The van der Waals surface area contributed by atoms with Crippen LogP contribution in [-0.2, 0) is 14.4 Å². The summed E-state index contributed by atoms with van der Waals surface area (Å²) < 4.78 is 11.4. The van der Waals surface area contributed by atoms with Gasteiger partial charge in [-0.1, -0.05) is 30.3 Å². The number of hydroxylamine groups is 1. The molecule has 3 fully saturated rings. The first-order valence-electron chi connectivity index (χ1n) is 15.0. The number of carbonyl (C=O) groups excluding carboxylic acids is 1. The lowest BCUT2D eigenvalue weighted by atomic mass is 10.0. The van der Waals surface area contributed by atoms with Crippen LogP contribution < -0.4 is 25.3 Å². The molecule has 0 saturated carbocycles. The van der Waals surface area contributed by atoms with Crippen molar-refractivity contribution >= 4 is 46.2 Å². The third kappa shape index (κ3) is 6.76. The molecule has 232 valence electrons. The Balaban J connectivity index is 1.23. The summed E-state index contributed by atoms with van der Waals surface area (Å²) in [4.78, 5) is 32.3. The van der Waals surface area contributed by atoms with Crippen LogP contribution in [0.1, 0.15) is 30.9 Å². The van der Waals surface area contributed by atoms with E-state index in [1.54, 1.807) is 7.11 Å². The molecule has 12 heteroatoms. The second-order valence-electron chi connectivity index (χ2n) is 11.0. The molecule has 6 rings (SSSR count). The zero-order chi connectivity index (χ0) is 30.5. The van der Waals surface area contributed by atoms with E-state index >= 15 is 0 Å². The van der Waals surface area contributed by atoms with Crippen LogP contribution >= 0.6 is 11.6 Å². The Labute approximate surface area is 262 Å². The summed E-state index contributed by atoms with van der Waals surface area (Å²) in [6.07, 6.45) is 5.67. The Bertz CT molecular complexity index is 1460. The first-order chi connectivity index (χ1) is 21.5. The highest BCUT2D eigenvalue weighted by Crippen LogP contribution is 2.40. The van der Waals surface area contributed by atoms with Crippen molar-refractivity contribution in [1.29, 1.82) is 0 Å². The highest BCUT2D eigenvalue weighted by molar-refractivity contribution is 6.30. The van der Waals surface area contributed by atoms with Gasteiger partial charge in [-0.3, -0.25) is 14.5 Å². The van der Waals surface area contributed by atoms with E-state index in [1.165, 1.54) is 12.4 Å². The third-order valence-electron chi connectivity index (χ3n) is 8.43. The van der Waals surface area contributed by atoms with Crippen molar-refractivity contribution in [3.8, 4) is 5.75 Å². The lowest BCUT2D eigenvalue weighted by Crippen LogP contribution is -2.49. The average molecular weight is 620 g/mol. The lowest BCUT2D eigenvalue weighted by Gasteiger charge is -2.41. The number of hydrogen-bond donors (Lipinski definition) is 2. The van der Waals surface area contributed by atoms with Crippen LogP contribution in [0.5, 0.6) is 5.75 Å². The number of anilines is 5. The molecule has 3 aliphatic heterocycles. The number of morpholine rings is 1. The van der Waals surface area contributed by atoms with Crippen molar-refractivity contribution in [1.82, 2.24) is 14.9 Å². The molecule has 1 aromatic heterocycles. The number of benzene rings is 2. The van der Waals surface area contributed by atoms with Crippen LogP contribution in [0.15, 0.2) is 61.4 Å². The van der Waals surface area contributed by atoms with Gasteiger partial charge in [-0.25, -0.2) is 15.0 Å². The number of amides is 1. The zero-order valence-corrected chi connectivity index (χ0v) is 25.6. The molecule has 2 N–H and O–H groups in total. The fourth-order valence-electron chi connectivity index (χ4n) is 6.15. The number of methoxy groups -OCH3 is 1. The SMILES string of the molecule is C=CC(=O)Nc1cc(Nc2cc(N3OCC[C@@H]3c3ccc(Cl)cc3)ncn2)c(OC)cc1N1CCC(N2CCOCC2)CC1. The summed E-state index contributed by atoms with van der Waals surface area (Å²) in [6, 6.07) is 14.0. The van der Waals surface area contributed by atoms with Crippen molar-refractivity contribution in [2.24, 2.45) is 0 Å². The number of ether oxygens (including phenoxy) is 2. The summed E-state index contributed by atoms with van der Waals surface area (Å²) >= 11 is 6.11. The molecule has 0 aliphatic carbocycles. The van der Waals surface area contributed by atoms with Crippen LogP contribution in [0.4, 0.5) is 28.7 Å². The molecule has 4 heterocycles. The zero-order valence-electron chi connectivity index (χ0n) is 24.9. The van der Waals surface area contributed by atoms with E-state index in [0.29, 0.717) is 46.4 Å². The number of nitrogens with one attached hydrogen (secondary N) is 2. The van der Waals surface area contributed by atoms with E-state index in [9.17, 15) is 4.79 Å². The van der Waals surface area contributed by atoms with Crippen LogP contribution in [0.2, 0.25) is 5.02 Å². The van der Waals surface area contributed by atoms with Crippen molar-refractivity contribution in [2.75, 3.05) is 73.7 Å². The van der Waals surface area contributed by atoms with E-state index in [0.717, 1.165) is 69.9 Å². The molecule has 0 spiro atoms. The number of hydrogen-bond acceptors (Lipinski definition) is 10. The molecule has 0 radical (unpaired) electrons. The first kappa shape index (κ1) is 30.1. The maximum absolute atomic E-state index is 12.5. The molecule has 3 aromatic rings. The van der Waals surface area contributed by atoms with Crippen LogP contribution in [-0.4, -0.2) is 79.9 Å². The van der Waals surface area contributed by atoms with Crippen LogP contribution in [0.25, 0.3) is 0 Å². The molecule has 11 nitrogen and oxygen atoms in total. The van der Waals surface area contributed by atoms with Crippen molar-refractivity contribution < 1.29 is 19.1 Å². The van der Waals surface area contributed by atoms with Crippen molar-refractivity contribution in [2.45, 2.75) is 31.3 Å². The molecule has 1 atom stereocenters. The predicted molar refractivity (Wildman–Crippen MR) is 172 cm³/mol. The number of carbonyl (C=O) groups is 1. The number of aromatic nitrogens is 2. The smallest absolute Gasteiger partial charge is 0.247 e. The van der Waals surface area contributed by atoms with Gasteiger partial charge in [0.2, 0.25) is 5.91 Å². The Morgan fingerprint density at radius 1 is 1.02 bits per heavy atom. The van der Waals surface area contributed by atoms with Gasteiger partial charge in [0.15, 0.2) is 5.82 Å². The summed E-state index contributed by atoms with van der Waals surface area (Å²) in [5, 5.41) is 8.87. The highest BCUT2D eigenvalue weighted by Gasteiger charge is 2.30. The van der Waals surface area contributed by atoms with Gasteiger partial charge in [-0.2, -0.15) is 0 Å². The van der Waals surface area contributed by atoms with Crippen molar-refractivity contribution in [3.63, 3.8) is 0 Å². The van der Waals surface area contributed by atoms with E-state index in [1.807, 2.05) is 47.5 Å². The summed E-state index contributed by atoms with van der Waals surface area (Å²) in [5.41, 5.74) is 3.32. The van der Waals surface area contributed by atoms with Gasteiger partial charge in [-0.05, 0) is 42.7 Å². The van der Waals surface area contributed by atoms with Gasteiger partial charge < -0.3 is 25.0 Å². The van der Waals surface area contributed by atoms with E-state index < -0.39 is 0 Å². The average Bonchev–Trinajstić information content (AvgIpc) is 3.56.